The first-order valence-electron chi connectivity index (χ1n) is 9.52. The number of rotatable bonds is 12. The summed E-state index contributed by atoms with van der Waals surface area (Å²) >= 11 is 0. The van der Waals surface area contributed by atoms with Crippen LogP contribution in [0.15, 0.2) is 29.3 Å². The Bertz CT molecular complexity index is 521. The SMILES string of the molecule is CCNC(=NCC(O)c1cccc(OC(C)C)c1)NCCCCCOC. The Morgan fingerprint density at radius 2 is 2.00 bits per heavy atom. The summed E-state index contributed by atoms with van der Waals surface area (Å²) in [6.45, 7) is 8.73. The molecule has 0 aromatic heterocycles. The molecule has 0 aliphatic rings. The van der Waals surface area contributed by atoms with Crippen LogP contribution in [-0.2, 0) is 4.74 Å². The van der Waals surface area contributed by atoms with E-state index in [0.29, 0.717) is 6.54 Å². The zero-order valence-electron chi connectivity index (χ0n) is 16.6. The first-order chi connectivity index (χ1) is 12.6. The maximum Gasteiger partial charge on any atom is 0.191 e. The number of aliphatic imine (C=N–C) groups is 1. The maximum absolute atomic E-state index is 10.4. The number of benzene rings is 1. The van der Waals surface area contributed by atoms with Crippen LogP contribution < -0.4 is 15.4 Å². The predicted molar refractivity (Wildman–Crippen MR) is 107 cm³/mol. The molecule has 0 saturated heterocycles. The molecule has 0 spiro atoms. The standard InChI is InChI=1S/C20H35N3O3/c1-5-21-20(22-12-7-6-8-13-25-4)23-15-19(24)17-10-9-11-18(14-17)26-16(2)3/h9-11,14,16,19,24H,5-8,12-13,15H2,1-4H3,(H2,21,22,23). The summed E-state index contributed by atoms with van der Waals surface area (Å²) in [5.41, 5.74) is 0.808. The number of nitrogens with zero attached hydrogens (tertiary/aromatic N) is 1. The molecule has 0 amide bonds. The normalized spacial score (nSPS) is 12.9. The summed E-state index contributed by atoms with van der Waals surface area (Å²) in [6.07, 6.45) is 2.69. The number of guanidine groups is 1. The molecule has 6 heteroatoms. The van der Waals surface area contributed by atoms with Crippen molar-refractivity contribution in [2.45, 2.75) is 52.2 Å². The molecule has 0 bridgehead atoms. The van der Waals surface area contributed by atoms with Crippen LogP contribution >= 0.6 is 0 Å². The third kappa shape index (κ3) is 9.63. The van der Waals surface area contributed by atoms with Crippen molar-refractivity contribution in [3.05, 3.63) is 29.8 Å². The molecule has 0 heterocycles. The van der Waals surface area contributed by atoms with Crippen molar-refractivity contribution < 1.29 is 14.6 Å². The molecule has 148 valence electrons. The first-order valence-corrected chi connectivity index (χ1v) is 9.52. The molecular weight excluding hydrogens is 330 g/mol. The highest BCUT2D eigenvalue weighted by Crippen LogP contribution is 2.20. The molecule has 1 rings (SSSR count). The molecule has 1 aromatic carbocycles. The molecule has 3 N–H and O–H groups in total. The molecule has 1 aromatic rings. The number of unbranched alkanes of at least 4 members (excludes halogenated alkanes) is 2. The number of nitrogens with one attached hydrogen (secondary N) is 2. The topological polar surface area (TPSA) is 75.1 Å². The summed E-state index contributed by atoms with van der Waals surface area (Å²) < 4.78 is 10.7. The van der Waals surface area contributed by atoms with Gasteiger partial charge in [0.25, 0.3) is 0 Å². The van der Waals surface area contributed by atoms with E-state index in [1.165, 1.54) is 0 Å². The monoisotopic (exact) mass is 365 g/mol. The van der Waals surface area contributed by atoms with E-state index in [0.717, 1.165) is 56.2 Å². The van der Waals surface area contributed by atoms with Crippen LogP contribution in [0, 0.1) is 0 Å². The van der Waals surface area contributed by atoms with Crippen LogP contribution in [0.1, 0.15) is 51.7 Å². The van der Waals surface area contributed by atoms with Gasteiger partial charge in [-0.15, -0.1) is 0 Å². The van der Waals surface area contributed by atoms with Gasteiger partial charge in [-0.3, -0.25) is 4.99 Å². The molecule has 26 heavy (non-hydrogen) atoms. The number of aliphatic hydroxyl groups excluding tert-OH is 1. The van der Waals surface area contributed by atoms with Crippen LogP contribution in [0.3, 0.4) is 0 Å². The number of hydrogen-bond donors (Lipinski definition) is 3. The van der Waals surface area contributed by atoms with Crippen molar-refractivity contribution >= 4 is 5.96 Å². The minimum absolute atomic E-state index is 0.105. The van der Waals surface area contributed by atoms with Crippen molar-refractivity contribution in [1.82, 2.24) is 10.6 Å². The smallest absolute Gasteiger partial charge is 0.191 e. The lowest BCUT2D eigenvalue weighted by Gasteiger charge is -2.15. The molecule has 0 radical (unpaired) electrons. The zero-order chi connectivity index (χ0) is 19.2. The van der Waals surface area contributed by atoms with Crippen molar-refractivity contribution in [3.63, 3.8) is 0 Å². The van der Waals surface area contributed by atoms with Crippen molar-refractivity contribution in [2.75, 3.05) is 33.4 Å². The lowest BCUT2D eigenvalue weighted by molar-refractivity contribution is 0.185. The fourth-order valence-corrected chi connectivity index (χ4v) is 2.45. The van der Waals surface area contributed by atoms with Gasteiger partial charge < -0.3 is 25.2 Å². The highest BCUT2D eigenvalue weighted by atomic mass is 16.5. The largest absolute Gasteiger partial charge is 0.491 e. The average Bonchev–Trinajstić information content (AvgIpc) is 2.61. The summed E-state index contributed by atoms with van der Waals surface area (Å²) in [5, 5.41) is 16.9. The van der Waals surface area contributed by atoms with Crippen LogP contribution in [0.5, 0.6) is 5.75 Å². The van der Waals surface area contributed by atoms with Gasteiger partial charge in [-0.05, 0) is 57.7 Å². The van der Waals surface area contributed by atoms with Gasteiger partial charge in [0.1, 0.15) is 5.75 Å². The maximum atomic E-state index is 10.4. The second-order valence-electron chi connectivity index (χ2n) is 6.45. The van der Waals surface area contributed by atoms with Crippen LogP contribution in [-0.4, -0.2) is 50.5 Å². The Morgan fingerprint density at radius 3 is 2.69 bits per heavy atom. The second-order valence-corrected chi connectivity index (χ2v) is 6.45. The lowest BCUT2D eigenvalue weighted by Crippen LogP contribution is -2.38. The van der Waals surface area contributed by atoms with E-state index in [9.17, 15) is 5.11 Å². The molecule has 0 aliphatic heterocycles. The van der Waals surface area contributed by atoms with Crippen molar-refractivity contribution in [3.8, 4) is 5.75 Å². The summed E-state index contributed by atoms with van der Waals surface area (Å²) in [7, 11) is 1.73. The van der Waals surface area contributed by atoms with Gasteiger partial charge in [0.15, 0.2) is 5.96 Å². The zero-order valence-corrected chi connectivity index (χ0v) is 16.6. The fraction of sp³-hybridized carbons (Fsp3) is 0.650. The summed E-state index contributed by atoms with van der Waals surface area (Å²) in [5.74, 6) is 1.49. The Labute approximate surface area is 158 Å². The van der Waals surface area contributed by atoms with E-state index < -0.39 is 6.10 Å². The van der Waals surface area contributed by atoms with Gasteiger partial charge in [0.05, 0.1) is 18.8 Å². The van der Waals surface area contributed by atoms with E-state index in [1.54, 1.807) is 7.11 Å². The Balaban J connectivity index is 2.51. The van der Waals surface area contributed by atoms with E-state index in [2.05, 4.69) is 15.6 Å². The van der Waals surface area contributed by atoms with Crippen LogP contribution in [0.2, 0.25) is 0 Å². The predicted octanol–water partition coefficient (Wildman–Crippen LogP) is 2.88. The van der Waals surface area contributed by atoms with E-state index in [1.807, 2.05) is 45.0 Å². The Hall–Kier alpha value is -1.79. The van der Waals surface area contributed by atoms with E-state index >= 15 is 0 Å². The molecule has 0 fully saturated rings. The first kappa shape index (κ1) is 22.3. The molecule has 0 saturated carbocycles. The third-order valence-corrected chi connectivity index (χ3v) is 3.70. The quantitative estimate of drug-likeness (QED) is 0.302. The molecule has 1 atom stereocenters. The lowest BCUT2D eigenvalue weighted by atomic mass is 10.1. The summed E-state index contributed by atoms with van der Waals surface area (Å²) in [6, 6.07) is 7.55. The van der Waals surface area contributed by atoms with Crippen LogP contribution in [0.4, 0.5) is 0 Å². The van der Waals surface area contributed by atoms with Gasteiger partial charge in [0, 0.05) is 26.8 Å². The fourth-order valence-electron chi connectivity index (χ4n) is 2.45. The highest BCUT2D eigenvalue weighted by molar-refractivity contribution is 5.79. The van der Waals surface area contributed by atoms with Gasteiger partial charge in [-0.2, -0.15) is 0 Å². The minimum atomic E-state index is -0.664. The Kier molecular flexibility index (Phi) is 11.5. The van der Waals surface area contributed by atoms with Gasteiger partial charge in [0.2, 0.25) is 0 Å². The van der Waals surface area contributed by atoms with Crippen LogP contribution in [0.25, 0.3) is 0 Å². The van der Waals surface area contributed by atoms with Crippen molar-refractivity contribution in [1.29, 1.82) is 0 Å². The average molecular weight is 366 g/mol. The van der Waals surface area contributed by atoms with E-state index in [-0.39, 0.29) is 6.10 Å². The number of hydrogen-bond acceptors (Lipinski definition) is 4. The van der Waals surface area contributed by atoms with E-state index in [4.69, 9.17) is 9.47 Å². The number of methoxy groups -OCH3 is 1. The number of aliphatic hydroxyl groups is 1. The third-order valence-electron chi connectivity index (χ3n) is 3.70. The molecule has 6 nitrogen and oxygen atoms in total. The molecular formula is C20H35N3O3. The van der Waals surface area contributed by atoms with Gasteiger partial charge >= 0.3 is 0 Å². The molecule has 0 aliphatic carbocycles. The Morgan fingerprint density at radius 1 is 1.19 bits per heavy atom. The second kappa shape index (κ2) is 13.4. The minimum Gasteiger partial charge on any atom is -0.491 e. The summed E-state index contributed by atoms with van der Waals surface area (Å²) in [4.78, 5) is 4.49. The molecule has 1 unspecified atom stereocenters. The number of ether oxygens (including phenoxy) is 2. The van der Waals surface area contributed by atoms with Gasteiger partial charge in [-0.1, -0.05) is 12.1 Å². The van der Waals surface area contributed by atoms with Gasteiger partial charge in [-0.25, -0.2) is 0 Å². The highest BCUT2D eigenvalue weighted by Gasteiger charge is 2.09. The van der Waals surface area contributed by atoms with Crippen molar-refractivity contribution in [2.24, 2.45) is 4.99 Å².